The first kappa shape index (κ1) is 15.4. The topological polar surface area (TPSA) is 35.2 Å². The lowest BCUT2D eigenvalue weighted by Crippen LogP contribution is -2.43. The van der Waals surface area contributed by atoms with Crippen molar-refractivity contribution < 1.29 is 4.74 Å². The van der Waals surface area contributed by atoms with E-state index in [0.717, 1.165) is 24.5 Å². The van der Waals surface area contributed by atoms with E-state index in [1.807, 2.05) is 0 Å². The summed E-state index contributed by atoms with van der Waals surface area (Å²) in [5, 5.41) is 0. The Bertz CT molecular complexity index is 481. The normalized spacial score (nSPS) is 26.9. The largest absolute Gasteiger partial charge is 0.496 e. The molecule has 1 saturated carbocycles. The van der Waals surface area contributed by atoms with Gasteiger partial charge in [-0.15, -0.1) is 0 Å². The lowest BCUT2D eigenvalue weighted by molar-refractivity contribution is 0.180. The minimum absolute atomic E-state index is 0.226. The summed E-state index contributed by atoms with van der Waals surface area (Å²) in [5.41, 5.74) is 10.4. The predicted molar refractivity (Wildman–Crippen MR) is 85.1 cm³/mol. The summed E-state index contributed by atoms with van der Waals surface area (Å²) in [6, 6.07) is 4.35. The van der Waals surface area contributed by atoms with Crippen molar-refractivity contribution in [2.75, 3.05) is 7.11 Å². The minimum Gasteiger partial charge on any atom is -0.496 e. The van der Waals surface area contributed by atoms with Gasteiger partial charge in [-0.2, -0.15) is 0 Å². The Balaban J connectivity index is 2.43. The summed E-state index contributed by atoms with van der Waals surface area (Å²) in [6.45, 7) is 8.91. The molecule has 2 N–H and O–H groups in total. The number of rotatable bonds is 3. The van der Waals surface area contributed by atoms with Gasteiger partial charge in [-0.3, -0.25) is 0 Å². The van der Waals surface area contributed by atoms with Crippen molar-refractivity contribution in [3.05, 3.63) is 28.8 Å². The Kier molecular flexibility index (Phi) is 4.43. The van der Waals surface area contributed by atoms with E-state index in [-0.39, 0.29) is 5.54 Å². The maximum atomic E-state index is 6.86. The molecule has 2 nitrogen and oxygen atoms in total. The van der Waals surface area contributed by atoms with Crippen LogP contribution in [0.5, 0.6) is 5.75 Å². The number of aryl methyl sites for hydroxylation is 2. The van der Waals surface area contributed by atoms with E-state index >= 15 is 0 Å². The second kappa shape index (κ2) is 5.77. The zero-order valence-electron chi connectivity index (χ0n) is 13.6. The molecule has 0 aliphatic heterocycles. The molecule has 0 heterocycles. The van der Waals surface area contributed by atoms with Crippen LogP contribution in [0.15, 0.2) is 12.1 Å². The maximum Gasteiger partial charge on any atom is 0.124 e. The van der Waals surface area contributed by atoms with E-state index in [1.54, 1.807) is 7.11 Å². The minimum atomic E-state index is -0.226. The zero-order chi connectivity index (χ0) is 14.9. The van der Waals surface area contributed by atoms with Gasteiger partial charge in [0, 0.05) is 11.1 Å². The van der Waals surface area contributed by atoms with Crippen molar-refractivity contribution in [2.24, 2.45) is 17.6 Å². The lowest BCUT2D eigenvalue weighted by atomic mass is 9.68. The molecular formula is C18H29NO. The van der Waals surface area contributed by atoms with Gasteiger partial charge in [0.1, 0.15) is 5.75 Å². The van der Waals surface area contributed by atoms with E-state index in [4.69, 9.17) is 10.5 Å². The monoisotopic (exact) mass is 275 g/mol. The number of hydrogen-bond acceptors (Lipinski definition) is 2. The van der Waals surface area contributed by atoms with Gasteiger partial charge in [-0.25, -0.2) is 0 Å². The van der Waals surface area contributed by atoms with Gasteiger partial charge in [0.2, 0.25) is 0 Å². The van der Waals surface area contributed by atoms with Crippen LogP contribution in [0.1, 0.15) is 56.2 Å². The van der Waals surface area contributed by atoms with Crippen molar-refractivity contribution >= 4 is 0 Å². The smallest absolute Gasteiger partial charge is 0.124 e. The summed E-state index contributed by atoms with van der Waals surface area (Å²) < 4.78 is 5.64. The van der Waals surface area contributed by atoms with Crippen LogP contribution in [-0.4, -0.2) is 7.11 Å². The molecule has 1 aromatic carbocycles. The Morgan fingerprint density at radius 2 is 2.00 bits per heavy atom. The van der Waals surface area contributed by atoms with E-state index in [2.05, 4.69) is 39.8 Å². The van der Waals surface area contributed by atoms with E-state index in [9.17, 15) is 0 Å². The molecule has 0 bridgehead atoms. The van der Waals surface area contributed by atoms with Gasteiger partial charge in [0.05, 0.1) is 7.11 Å². The molecule has 0 radical (unpaired) electrons. The van der Waals surface area contributed by atoms with Crippen LogP contribution >= 0.6 is 0 Å². The van der Waals surface area contributed by atoms with Crippen LogP contribution in [0.4, 0.5) is 0 Å². The fourth-order valence-corrected chi connectivity index (χ4v) is 3.88. The summed E-state index contributed by atoms with van der Waals surface area (Å²) >= 11 is 0. The van der Waals surface area contributed by atoms with Gasteiger partial charge in [0.25, 0.3) is 0 Å². The Morgan fingerprint density at radius 1 is 1.30 bits per heavy atom. The van der Waals surface area contributed by atoms with Crippen LogP contribution < -0.4 is 10.5 Å². The van der Waals surface area contributed by atoms with E-state index in [0.29, 0.717) is 5.92 Å². The molecule has 1 aliphatic rings. The van der Waals surface area contributed by atoms with E-state index in [1.165, 1.54) is 29.5 Å². The highest BCUT2D eigenvalue weighted by atomic mass is 16.5. The highest BCUT2D eigenvalue weighted by molar-refractivity contribution is 5.47. The number of ether oxygens (including phenoxy) is 1. The SMILES string of the molecule is COc1cc(C)cc(C)c1C1(N)CCCC(C(C)C)C1. The quantitative estimate of drug-likeness (QED) is 0.892. The molecule has 2 atom stereocenters. The maximum absolute atomic E-state index is 6.86. The molecule has 20 heavy (non-hydrogen) atoms. The number of benzene rings is 1. The first-order valence-electron chi connectivity index (χ1n) is 7.82. The molecule has 1 aromatic rings. The Hall–Kier alpha value is -1.02. The first-order valence-corrected chi connectivity index (χ1v) is 7.82. The molecule has 2 rings (SSSR count). The van der Waals surface area contributed by atoms with Crippen molar-refractivity contribution in [3.8, 4) is 5.75 Å². The molecule has 2 heteroatoms. The highest BCUT2D eigenvalue weighted by Crippen LogP contribution is 2.45. The van der Waals surface area contributed by atoms with Gasteiger partial charge < -0.3 is 10.5 Å². The number of hydrogen-bond donors (Lipinski definition) is 1. The molecular weight excluding hydrogens is 246 g/mol. The van der Waals surface area contributed by atoms with Crippen LogP contribution in [0.3, 0.4) is 0 Å². The average Bonchev–Trinajstić information content (AvgIpc) is 2.37. The molecule has 1 aliphatic carbocycles. The standard InChI is InChI=1S/C18H29NO/c1-12(2)15-7-6-8-18(19,11-15)17-14(4)9-13(3)10-16(17)20-5/h9-10,12,15H,6-8,11,19H2,1-5H3. The van der Waals surface area contributed by atoms with Gasteiger partial charge in [-0.05, 0) is 55.7 Å². The average molecular weight is 275 g/mol. The second-order valence-electron chi connectivity index (χ2n) is 6.92. The Labute approximate surface area is 123 Å². The van der Waals surface area contributed by atoms with Crippen LogP contribution in [0.25, 0.3) is 0 Å². The zero-order valence-corrected chi connectivity index (χ0v) is 13.6. The van der Waals surface area contributed by atoms with Crippen molar-refractivity contribution in [3.63, 3.8) is 0 Å². The summed E-state index contributed by atoms with van der Waals surface area (Å²) in [4.78, 5) is 0. The third-order valence-electron chi connectivity index (χ3n) is 4.93. The van der Waals surface area contributed by atoms with Crippen LogP contribution in [0.2, 0.25) is 0 Å². The second-order valence-corrected chi connectivity index (χ2v) is 6.92. The van der Waals surface area contributed by atoms with Gasteiger partial charge >= 0.3 is 0 Å². The first-order chi connectivity index (χ1) is 9.37. The van der Waals surface area contributed by atoms with Crippen molar-refractivity contribution in [2.45, 2.75) is 58.9 Å². The molecule has 0 amide bonds. The van der Waals surface area contributed by atoms with Gasteiger partial charge in [-0.1, -0.05) is 32.8 Å². The third kappa shape index (κ3) is 2.85. The third-order valence-corrected chi connectivity index (χ3v) is 4.93. The molecule has 1 fully saturated rings. The lowest BCUT2D eigenvalue weighted by Gasteiger charge is -2.41. The highest BCUT2D eigenvalue weighted by Gasteiger charge is 2.38. The Morgan fingerprint density at radius 3 is 2.60 bits per heavy atom. The molecule has 0 saturated heterocycles. The summed E-state index contributed by atoms with van der Waals surface area (Å²) in [5.74, 6) is 2.39. The van der Waals surface area contributed by atoms with E-state index < -0.39 is 0 Å². The number of nitrogens with two attached hydrogens (primary N) is 1. The van der Waals surface area contributed by atoms with Crippen molar-refractivity contribution in [1.29, 1.82) is 0 Å². The molecule has 0 aromatic heterocycles. The fourth-order valence-electron chi connectivity index (χ4n) is 3.88. The summed E-state index contributed by atoms with van der Waals surface area (Å²) in [6.07, 6.45) is 4.67. The fraction of sp³-hybridized carbons (Fsp3) is 0.667. The molecule has 2 unspecified atom stereocenters. The van der Waals surface area contributed by atoms with Crippen LogP contribution in [-0.2, 0) is 5.54 Å². The predicted octanol–water partition coefficient (Wildman–Crippen LogP) is 4.31. The van der Waals surface area contributed by atoms with Gasteiger partial charge in [0.15, 0.2) is 0 Å². The number of methoxy groups -OCH3 is 1. The summed E-state index contributed by atoms with van der Waals surface area (Å²) in [7, 11) is 1.75. The molecule has 0 spiro atoms. The van der Waals surface area contributed by atoms with Crippen LogP contribution in [0, 0.1) is 25.7 Å². The molecule has 112 valence electrons. The van der Waals surface area contributed by atoms with Crippen molar-refractivity contribution in [1.82, 2.24) is 0 Å².